The first-order valence-corrected chi connectivity index (χ1v) is 9.22. The lowest BCUT2D eigenvalue weighted by Crippen LogP contribution is -2.27. The van der Waals surface area contributed by atoms with Gasteiger partial charge in [-0.15, -0.1) is 0 Å². The van der Waals surface area contributed by atoms with Gasteiger partial charge in [0.2, 0.25) is 0 Å². The average Bonchev–Trinajstić information content (AvgIpc) is 2.58. The quantitative estimate of drug-likeness (QED) is 0.618. The van der Waals surface area contributed by atoms with Gasteiger partial charge in [0.1, 0.15) is 12.2 Å². The molecule has 4 nitrogen and oxygen atoms in total. The van der Waals surface area contributed by atoms with Crippen LogP contribution in [-0.4, -0.2) is 17.5 Å². The standard InChI is InChI=1S/C21H23BrO4/c1-21(2,3)26-19(23)13-18(16-9-11-17(22)12-10-16)20(24)25-14-15-7-5-4-6-8-15/h4-12,18H,13-14H2,1-3H3. The molecule has 0 aromatic heterocycles. The van der Waals surface area contributed by atoms with Gasteiger partial charge in [-0.25, -0.2) is 0 Å². The number of hydrogen-bond acceptors (Lipinski definition) is 4. The van der Waals surface area contributed by atoms with Crippen LogP contribution in [0.15, 0.2) is 59.1 Å². The van der Waals surface area contributed by atoms with Crippen molar-refractivity contribution in [3.05, 3.63) is 70.2 Å². The maximum absolute atomic E-state index is 12.7. The van der Waals surface area contributed by atoms with Crippen LogP contribution in [0, 0.1) is 0 Å². The Balaban J connectivity index is 2.12. The van der Waals surface area contributed by atoms with Crippen LogP contribution in [0.5, 0.6) is 0 Å². The highest BCUT2D eigenvalue weighted by Crippen LogP contribution is 2.25. The highest BCUT2D eigenvalue weighted by molar-refractivity contribution is 9.10. The van der Waals surface area contributed by atoms with Gasteiger partial charge in [0, 0.05) is 4.47 Å². The summed E-state index contributed by atoms with van der Waals surface area (Å²) in [6.45, 7) is 5.56. The van der Waals surface area contributed by atoms with Gasteiger partial charge in [-0.05, 0) is 44.0 Å². The highest BCUT2D eigenvalue weighted by atomic mass is 79.9. The molecule has 1 unspecified atom stereocenters. The fourth-order valence-corrected chi connectivity index (χ4v) is 2.68. The van der Waals surface area contributed by atoms with Crippen molar-refractivity contribution in [3.8, 4) is 0 Å². The summed E-state index contributed by atoms with van der Waals surface area (Å²) in [6.07, 6.45) is -0.0630. The van der Waals surface area contributed by atoms with Crippen molar-refractivity contribution < 1.29 is 19.1 Å². The molecule has 5 heteroatoms. The molecule has 0 spiro atoms. The SMILES string of the molecule is CC(C)(C)OC(=O)CC(C(=O)OCc1ccccc1)c1ccc(Br)cc1. The zero-order chi connectivity index (χ0) is 19.2. The second-order valence-electron chi connectivity index (χ2n) is 6.99. The number of carbonyl (C=O) groups excluding carboxylic acids is 2. The van der Waals surface area contributed by atoms with Crippen LogP contribution in [0.25, 0.3) is 0 Å². The Bertz CT molecular complexity index is 733. The first-order valence-electron chi connectivity index (χ1n) is 8.42. The zero-order valence-corrected chi connectivity index (χ0v) is 16.8. The molecule has 0 saturated heterocycles. The maximum Gasteiger partial charge on any atom is 0.314 e. The normalized spacial score (nSPS) is 12.3. The summed E-state index contributed by atoms with van der Waals surface area (Å²) in [5.41, 5.74) is 1.01. The summed E-state index contributed by atoms with van der Waals surface area (Å²) < 4.78 is 11.7. The minimum Gasteiger partial charge on any atom is -0.460 e. The van der Waals surface area contributed by atoms with Crippen LogP contribution in [0.1, 0.15) is 44.2 Å². The van der Waals surface area contributed by atoms with E-state index in [9.17, 15) is 9.59 Å². The van der Waals surface area contributed by atoms with Gasteiger partial charge in [0.15, 0.2) is 0 Å². The van der Waals surface area contributed by atoms with Crippen molar-refractivity contribution >= 4 is 27.9 Å². The van der Waals surface area contributed by atoms with Crippen LogP contribution >= 0.6 is 15.9 Å². The van der Waals surface area contributed by atoms with E-state index in [-0.39, 0.29) is 13.0 Å². The molecule has 2 rings (SSSR count). The zero-order valence-electron chi connectivity index (χ0n) is 15.2. The summed E-state index contributed by atoms with van der Waals surface area (Å²) in [5.74, 6) is -1.58. The third-order valence-electron chi connectivity index (χ3n) is 3.57. The van der Waals surface area contributed by atoms with Crippen molar-refractivity contribution in [2.75, 3.05) is 0 Å². The largest absolute Gasteiger partial charge is 0.460 e. The molecule has 0 bridgehead atoms. The molecule has 0 heterocycles. The van der Waals surface area contributed by atoms with Gasteiger partial charge in [-0.2, -0.15) is 0 Å². The minimum atomic E-state index is -0.707. The Kier molecular flexibility index (Phi) is 6.98. The molecule has 2 aromatic rings. The molecule has 26 heavy (non-hydrogen) atoms. The molecule has 0 aliphatic rings. The Morgan fingerprint density at radius 3 is 2.19 bits per heavy atom. The van der Waals surface area contributed by atoms with E-state index in [0.29, 0.717) is 0 Å². The smallest absolute Gasteiger partial charge is 0.314 e. The lowest BCUT2D eigenvalue weighted by atomic mass is 9.95. The van der Waals surface area contributed by atoms with E-state index < -0.39 is 23.5 Å². The van der Waals surface area contributed by atoms with E-state index in [1.807, 2.05) is 54.6 Å². The van der Waals surface area contributed by atoms with Crippen molar-refractivity contribution in [2.24, 2.45) is 0 Å². The highest BCUT2D eigenvalue weighted by Gasteiger charge is 2.28. The lowest BCUT2D eigenvalue weighted by Gasteiger charge is -2.22. The van der Waals surface area contributed by atoms with Gasteiger partial charge in [-0.3, -0.25) is 9.59 Å². The van der Waals surface area contributed by atoms with Crippen molar-refractivity contribution in [3.63, 3.8) is 0 Å². The number of rotatable bonds is 6. The Morgan fingerprint density at radius 2 is 1.62 bits per heavy atom. The number of ether oxygens (including phenoxy) is 2. The van der Waals surface area contributed by atoms with Crippen molar-refractivity contribution in [1.82, 2.24) is 0 Å². The van der Waals surface area contributed by atoms with Gasteiger partial charge in [0.05, 0.1) is 12.3 Å². The molecular weight excluding hydrogens is 396 g/mol. The van der Waals surface area contributed by atoms with Gasteiger partial charge in [0.25, 0.3) is 0 Å². The van der Waals surface area contributed by atoms with Crippen LogP contribution < -0.4 is 0 Å². The van der Waals surface area contributed by atoms with Crippen LogP contribution in [0.2, 0.25) is 0 Å². The third-order valence-corrected chi connectivity index (χ3v) is 4.10. The molecule has 1 atom stereocenters. The maximum atomic E-state index is 12.7. The van der Waals surface area contributed by atoms with Crippen molar-refractivity contribution in [2.45, 2.75) is 45.3 Å². The summed E-state index contributed by atoms with van der Waals surface area (Å²) in [7, 11) is 0. The van der Waals surface area contributed by atoms with Gasteiger partial charge < -0.3 is 9.47 Å². The van der Waals surface area contributed by atoms with Gasteiger partial charge >= 0.3 is 11.9 Å². The number of halogens is 1. The van der Waals surface area contributed by atoms with E-state index in [1.165, 1.54) is 0 Å². The van der Waals surface area contributed by atoms with E-state index in [2.05, 4.69) is 15.9 Å². The summed E-state index contributed by atoms with van der Waals surface area (Å²) in [5, 5.41) is 0. The molecule has 0 amide bonds. The second kappa shape index (κ2) is 8.99. The minimum absolute atomic E-state index is 0.0630. The summed E-state index contributed by atoms with van der Waals surface area (Å²) in [4.78, 5) is 24.9. The molecule has 0 N–H and O–H groups in total. The molecule has 0 aliphatic carbocycles. The molecule has 0 radical (unpaired) electrons. The molecule has 2 aromatic carbocycles. The molecule has 0 fully saturated rings. The van der Waals surface area contributed by atoms with E-state index >= 15 is 0 Å². The second-order valence-corrected chi connectivity index (χ2v) is 7.90. The Hall–Kier alpha value is -2.14. The topological polar surface area (TPSA) is 52.6 Å². The van der Waals surface area contributed by atoms with Crippen LogP contribution in [-0.2, 0) is 25.7 Å². The average molecular weight is 419 g/mol. The fourth-order valence-electron chi connectivity index (χ4n) is 2.41. The number of esters is 2. The molecule has 0 saturated carbocycles. The molecular formula is C21H23BrO4. The van der Waals surface area contributed by atoms with E-state index in [4.69, 9.17) is 9.47 Å². The van der Waals surface area contributed by atoms with E-state index in [0.717, 1.165) is 15.6 Å². The fraction of sp³-hybridized carbons (Fsp3) is 0.333. The number of hydrogen-bond donors (Lipinski definition) is 0. The lowest BCUT2D eigenvalue weighted by molar-refractivity contribution is -0.159. The van der Waals surface area contributed by atoms with Crippen molar-refractivity contribution in [1.29, 1.82) is 0 Å². The summed E-state index contributed by atoms with van der Waals surface area (Å²) >= 11 is 3.38. The number of benzene rings is 2. The van der Waals surface area contributed by atoms with Crippen LogP contribution in [0.3, 0.4) is 0 Å². The monoisotopic (exact) mass is 418 g/mol. The predicted octanol–water partition coefficient (Wildman–Crippen LogP) is 5.01. The summed E-state index contributed by atoms with van der Waals surface area (Å²) in [6, 6.07) is 16.7. The van der Waals surface area contributed by atoms with Gasteiger partial charge in [-0.1, -0.05) is 58.4 Å². The van der Waals surface area contributed by atoms with E-state index in [1.54, 1.807) is 20.8 Å². The first-order chi connectivity index (χ1) is 12.2. The van der Waals surface area contributed by atoms with Crippen LogP contribution in [0.4, 0.5) is 0 Å². The Labute approximate surface area is 162 Å². The third kappa shape index (κ3) is 6.64. The number of carbonyl (C=O) groups is 2. The Morgan fingerprint density at radius 1 is 1.00 bits per heavy atom. The molecule has 138 valence electrons. The molecule has 0 aliphatic heterocycles. The first kappa shape index (κ1) is 20.2. The predicted molar refractivity (Wildman–Crippen MR) is 104 cm³/mol.